The number of nitrogens with zero attached hydrogens (tertiary/aromatic N) is 3. The summed E-state index contributed by atoms with van der Waals surface area (Å²) in [5, 5.41) is 13.7. The van der Waals surface area contributed by atoms with Gasteiger partial charge in [0, 0.05) is 24.2 Å². The lowest BCUT2D eigenvalue weighted by molar-refractivity contribution is -0.119. The van der Waals surface area contributed by atoms with Crippen molar-refractivity contribution in [2.45, 2.75) is 30.8 Å². The molecule has 0 bridgehead atoms. The number of hydrogen-bond acceptors (Lipinski definition) is 5. The summed E-state index contributed by atoms with van der Waals surface area (Å²) >= 11 is 7.27. The molecule has 0 saturated carbocycles. The molecule has 0 saturated heterocycles. The van der Waals surface area contributed by atoms with Crippen LogP contribution in [-0.4, -0.2) is 39.0 Å². The first kappa shape index (κ1) is 18.3. The lowest BCUT2D eigenvalue weighted by Crippen LogP contribution is -2.41. The lowest BCUT2D eigenvalue weighted by atomic mass is 10.2. The molecule has 7 nitrogen and oxygen atoms in total. The van der Waals surface area contributed by atoms with Crippen molar-refractivity contribution in [1.29, 1.82) is 0 Å². The molecular weight excluding hydrogens is 350 g/mol. The van der Waals surface area contributed by atoms with Gasteiger partial charge in [0.25, 0.3) is 0 Å². The third-order valence-corrected chi connectivity index (χ3v) is 4.55. The first-order valence-corrected chi connectivity index (χ1v) is 8.60. The monoisotopic (exact) mass is 367 g/mol. The van der Waals surface area contributed by atoms with Gasteiger partial charge in [0.2, 0.25) is 5.91 Å². The quantitative estimate of drug-likeness (QED) is 0.793. The average Bonchev–Trinajstić information content (AvgIpc) is 2.97. The summed E-state index contributed by atoms with van der Waals surface area (Å²) in [6.45, 7) is 4.31. The third-order valence-electron chi connectivity index (χ3n) is 3.23. The van der Waals surface area contributed by atoms with Gasteiger partial charge in [-0.05, 0) is 26.0 Å². The van der Waals surface area contributed by atoms with Crippen LogP contribution < -0.4 is 10.6 Å². The Kier molecular flexibility index (Phi) is 6.22. The Bertz CT molecular complexity index is 749. The van der Waals surface area contributed by atoms with Gasteiger partial charge >= 0.3 is 6.03 Å². The molecule has 128 valence electrons. The lowest BCUT2D eigenvalue weighted by Gasteiger charge is -2.12. The summed E-state index contributed by atoms with van der Waals surface area (Å²) in [6, 6.07) is 6.81. The summed E-state index contributed by atoms with van der Waals surface area (Å²) in [4.78, 5) is 23.2. The van der Waals surface area contributed by atoms with Crippen molar-refractivity contribution in [3.05, 3.63) is 29.3 Å². The molecule has 24 heavy (non-hydrogen) atoms. The first-order valence-electron chi connectivity index (χ1n) is 7.34. The van der Waals surface area contributed by atoms with Gasteiger partial charge in [0.15, 0.2) is 11.0 Å². The van der Waals surface area contributed by atoms with E-state index in [-0.39, 0.29) is 0 Å². The van der Waals surface area contributed by atoms with E-state index >= 15 is 0 Å². The third kappa shape index (κ3) is 4.27. The smallest absolute Gasteiger partial charge is 0.321 e. The van der Waals surface area contributed by atoms with Crippen molar-refractivity contribution < 1.29 is 9.59 Å². The fraction of sp³-hybridized carbons (Fsp3) is 0.333. The van der Waals surface area contributed by atoms with Gasteiger partial charge in [-0.15, -0.1) is 10.2 Å². The number of urea groups is 1. The highest BCUT2D eigenvalue weighted by molar-refractivity contribution is 8.00. The van der Waals surface area contributed by atoms with E-state index < -0.39 is 17.2 Å². The molecular formula is C15H18ClN5O2S. The normalized spacial score (nSPS) is 11.8. The Balaban J connectivity index is 2.20. The van der Waals surface area contributed by atoms with Crippen LogP contribution in [0.25, 0.3) is 11.4 Å². The molecule has 1 aromatic carbocycles. The number of imide groups is 1. The maximum atomic E-state index is 12.0. The number of aromatic nitrogens is 3. The van der Waals surface area contributed by atoms with Crippen LogP contribution in [-0.2, 0) is 11.3 Å². The van der Waals surface area contributed by atoms with Crippen molar-refractivity contribution in [2.24, 2.45) is 0 Å². The summed E-state index contributed by atoms with van der Waals surface area (Å²) < 4.78 is 1.90. The number of halogens is 1. The molecule has 0 fully saturated rings. The molecule has 2 aromatic rings. The van der Waals surface area contributed by atoms with Gasteiger partial charge in [-0.25, -0.2) is 4.79 Å². The summed E-state index contributed by atoms with van der Waals surface area (Å²) in [5.41, 5.74) is 0.853. The van der Waals surface area contributed by atoms with E-state index in [1.807, 2.05) is 29.7 Å². The zero-order valence-corrected chi connectivity index (χ0v) is 15.1. The number of nitrogens with one attached hydrogen (secondary N) is 2. The highest BCUT2D eigenvalue weighted by Crippen LogP contribution is 2.27. The van der Waals surface area contributed by atoms with E-state index in [4.69, 9.17) is 11.6 Å². The fourth-order valence-electron chi connectivity index (χ4n) is 1.99. The molecule has 9 heteroatoms. The molecule has 0 unspecified atom stereocenters. The number of benzene rings is 1. The van der Waals surface area contributed by atoms with Crippen LogP contribution in [0.3, 0.4) is 0 Å². The average molecular weight is 368 g/mol. The Morgan fingerprint density at radius 2 is 2.12 bits per heavy atom. The van der Waals surface area contributed by atoms with Crippen LogP contribution in [0.15, 0.2) is 29.4 Å². The predicted octanol–water partition coefficient (Wildman–Crippen LogP) is 2.55. The van der Waals surface area contributed by atoms with Gasteiger partial charge < -0.3 is 9.88 Å². The van der Waals surface area contributed by atoms with Crippen molar-refractivity contribution in [3.8, 4) is 11.4 Å². The maximum Gasteiger partial charge on any atom is 0.321 e. The second-order valence-corrected chi connectivity index (χ2v) is 6.63. The van der Waals surface area contributed by atoms with E-state index in [2.05, 4.69) is 20.8 Å². The van der Waals surface area contributed by atoms with Crippen LogP contribution in [0, 0.1) is 0 Å². The number of carbonyl (C=O) groups is 2. The Hall–Kier alpha value is -2.06. The zero-order valence-electron chi connectivity index (χ0n) is 13.5. The zero-order chi connectivity index (χ0) is 17.7. The number of amides is 3. The van der Waals surface area contributed by atoms with E-state index in [1.54, 1.807) is 13.0 Å². The second-order valence-electron chi connectivity index (χ2n) is 4.89. The van der Waals surface area contributed by atoms with Crippen LogP contribution >= 0.6 is 23.4 Å². The van der Waals surface area contributed by atoms with Crippen molar-refractivity contribution in [1.82, 2.24) is 25.4 Å². The van der Waals surface area contributed by atoms with Crippen LogP contribution in [0.2, 0.25) is 5.02 Å². The molecule has 2 rings (SSSR count). The Morgan fingerprint density at radius 1 is 1.38 bits per heavy atom. The van der Waals surface area contributed by atoms with Gasteiger partial charge in [-0.2, -0.15) is 0 Å². The minimum Gasteiger partial charge on any atom is -0.341 e. The van der Waals surface area contributed by atoms with Crippen LogP contribution in [0.1, 0.15) is 13.8 Å². The van der Waals surface area contributed by atoms with Crippen LogP contribution in [0.4, 0.5) is 4.79 Å². The highest BCUT2D eigenvalue weighted by atomic mass is 35.5. The molecule has 0 radical (unpaired) electrons. The number of hydrogen-bond donors (Lipinski definition) is 2. The minimum atomic E-state index is -0.538. The molecule has 1 aromatic heterocycles. The molecule has 0 aliphatic heterocycles. The molecule has 0 spiro atoms. The largest absolute Gasteiger partial charge is 0.341 e. The summed E-state index contributed by atoms with van der Waals surface area (Å²) in [7, 11) is 1.45. The summed E-state index contributed by atoms with van der Waals surface area (Å²) in [6.07, 6.45) is 0. The first-order chi connectivity index (χ1) is 11.5. The van der Waals surface area contributed by atoms with Gasteiger partial charge in [-0.3, -0.25) is 10.1 Å². The van der Waals surface area contributed by atoms with Crippen LogP contribution in [0.5, 0.6) is 0 Å². The van der Waals surface area contributed by atoms with Gasteiger partial charge in [-0.1, -0.05) is 35.5 Å². The topological polar surface area (TPSA) is 88.9 Å². The Labute approximate surface area is 149 Å². The number of rotatable bonds is 5. The van der Waals surface area contributed by atoms with Crippen molar-refractivity contribution in [3.63, 3.8) is 0 Å². The fourth-order valence-corrected chi connectivity index (χ4v) is 3.09. The molecule has 1 atom stereocenters. The number of thioether (sulfide) groups is 1. The molecule has 0 aliphatic rings. The second kappa shape index (κ2) is 8.16. The Morgan fingerprint density at radius 3 is 2.75 bits per heavy atom. The predicted molar refractivity (Wildman–Crippen MR) is 94.1 cm³/mol. The molecule has 2 N–H and O–H groups in total. The molecule has 3 amide bonds. The number of carbonyl (C=O) groups excluding carboxylic acids is 2. The van der Waals surface area contributed by atoms with E-state index in [0.29, 0.717) is 22.5 Å². The minimum absolute atomic E-state index is 0.394. The van der Waals surface area contributed by atoms with E-state index in [0.717, 1.165) is 5.56 Å². The highest BCUT2D eigenvalue weighted by Gasteiger charge is 2.21. The molecule has 0 aliphatic carbocycles. The van der Waals surface area contributed by atoms with Crippen molar-refractivity contribution >= 4 is 35.3 Å². The standard InChI is InChI=1S/C15H18ClN5O2S/c1-4-21-12(10-6-5-7-11(16)8-10)19-20-15(21)24-9(2)13(22)18-14(23)17-3/h5-9H,4H2,1-3H3,(H2,17,18,22,23)/t9-/m0/s1. The van der Waals surface area contributed by atoms with E-state index in [9.17, 15) is 9.59 Å². The van der Waals surface area contributed by atoms with Gasteiger partial charge in [0.1, 0.15) is 0 Å². The van der Waals surface area contributed by atoms with Crippen molar-refractivity contribution in [2.75, 3.05) is 7.05 Å². The SMILES string of the molecule is CCn1c(S[C@@H](C)C(=O)NC(=O)NC)nnc1-c1cccc(Cl)c1. The van der Waals surface area contributed by atoms with Gasteiger partial charge in [0.05, 0.1) is 5.25 Å². The summed E-state index contributed by atoms with van der Waals surface area (Å²) in [5.74, 6) is 0.288. The maximum absolute atomic E-state index is 12.0. The molecule has 1 heterocycles. The van der Waals surface area contributed by atoms with E-state index in [1.165, 1.54) is 18.8 Å².